The first kappa shape index (κ1) is 17.9. The van der Waals surface area contributed by atoms with Crippen LogP contribution in [0.1, 0.15) is 18.4 Å². The summed E-state index contributed by atoms with van der Waals surface area (Å²) < 4.78 is 22.7. The molecule has 0 aromatic heterocycles. The largest absolute Gasteiger partial charge is 0.469 e. The van der Waals surface area contributed by atoms with Gasteiger partial charge in [-0.05, 0) is 30.7 Å². The molecule has 0 atom stereocenters. The molecule has 6 heteroatoms. The van der Waals surface area contributed by atoms with E-state index in [9.17, 15) is 9.18 Å². The summed E-state index contributed by atoms with van der Waals surface area (Å²) in [5.41, 5.74) is 0.854. The Morgan fingerprint density at radius 2 is 2.10 bits per heavy atom. The molecule has 21 heavy (non-hydrogen) atoms. The van der Waals surface area contributed by atoms with Gasteiger partial charge in [0, 0.05) is 31.6 Å². The van der Waals surface area contributed by atoms with Gasteiger partial charge in [-0.25, -0.2) is 4.39 Å². The summed E-state index contributed by atoms with van der Waals surface area (Å²) in [6, 6.07) is 4.38. The van der Waals surface area contributed by atoms with Crippen LogP contribution in [0.4, 0.5) is 4.39 Å². The van der Waals surface area contributed by atoms with Crippen LogP contribution in [0.5, 0.6) is 0 Å². The Kier molecular flexibility index (Phi) is 8.27. The molecule has 1 aromatic rings. The van der Waals surface area contributed by atoms with Crippen molar-refractivity contribution in [3.63, 3.8) is 0 Å². The lowest BCUT2D eigenvalue weighted by Gasteiger charge is -2.22. The first-order valence-corrected chi connectivity index (χ1v) is 7.16. The van der Waals surface area contributed by atoms with Gasteiger partial charge in [0.15, 0.2) is 0 Å². The van der Waals surface area contributed by atoms with Gasteiger partial charge < -0.3 is 9.47 Å². The molecule has 1 aromatic carbocycles. The molecular formula is C15H21ClFNO3. The van der Waals surface area contributed by atoms with Gasteiger partial charge in [-0.2, -0.15) is 0 Å². The average Bonchev–Trinajstić information content (AvgIpc) is 2.46. The van der Waals surface area contributed by atoms with Crippen molar-refractivity contribution in [3.8, 4) is 0 Å². The molecule has 0 unspecified atom stereocenters. The van der Waals surface area contributed by atoms with Crippen LogP contribution in [0.2, 0.25) is 5.02 Å². The topological polar surface area (TPSA) is 38.8 Å². The lowest BCUT2D eigenvalue weighted by Crippen LogP contribution is -2.28. The van der Waals surface area contributed by atoms with Crippen LogP contribution in [0.15, 0.2) is 18.2 Å². The van der Waals surface area contributed by atoms with Gasteiger partial charge in [-0.15, -0.1) is 0 Å². The fourth-order valence-electron chi connectivity index (χ4n) is 1.93. The summed E-state index contributed by atoms with van der Waals surface area (Å²) in [4.78, 5) is 13.2. The van der Waals surface area contributed by atoms with Crippen molar-refractivity contribution in [3.05, 3.63) is 34.6 Å². The zero-order valence-corrected chi connectivity index (χ0v) is 13.2. The van der Waals surface area contributed by atoms with Crippen LogP contribution in [0, 0.1) is 5.82 Å². The predicted octanol–water partition coefficient (Wildman–Crippen LogP) is 2.88. The highest BCUT2D eigenvalue weighted by molar-refractivity contribution is 6.31. The van der Waals surface area contributed by atoms with Gasteiger partial charge in [0.05, 0.1) is 13.7 Å². The van der Waals surface area contributed by atoms with E-state index in [1.807, 2.05) is 0 Å². The number of halogens is 2. The van der Waals surface area contributed by atoms with Gasteiger partial charge in [-0.3, -0.25) is 9.69 Å². The number of esters is 1. The van der Waals surface area contributed by atoms with E-state index in [0.29, 0.717) is 44.1 Å². The number of hydrogen-bond donors (Lipinski definition) is 0. The van der Waals surface area contributed by atoms with E-state index in [-0.39, 0.29) is 11.8 Å². The third-order valence-electron chi connectivity index (χ3n) is 3.10. The Labute approximate surface area is 129 Å². The molecule has 0 aliphatic heterocycles. The van der Waals surface area contributed by atoms with E-state index in [1.54, 1.807) is 13.2 Å². The van der Waals surface area contributed by atoms with Crippen molar-refractivity contribution >= 4 is 17.6 Å². The standard InChI is InChI=1S/C15H21ClFNO3/c1-20-9-8-18(7-3-4-15(19)21-2)11-12-5-6-13(17)10-14(12)16/h5-6,10H,3-4,7-9,11H2,1-2H3. The normalized spacial score (nSPS) is 10.9. The second kappa shape index (κ2) is 9.71. The molecular weight excluding hydrogens is 297 g/mol. The minimum atomic E-state index is -0.349. The third-order valence-corrected chi connectivity index (χ3v) is 3.46. The van der Waals surface area contributed by atoms with Crippen LogP contribution in [0.3, 0.4) is 0 Å². The number of methoxy groups -OCH3 is 2. The highest BCUT2D eigenvalue weighted by Gasteiger charge is 2.10. The van der Waals surface area contributed by atoms with E-state index >= 15 is 0 Å². The summed E-state index contributed by atoms with van der Waals surface area (Å²) in [7, 11) is 3.01. The Morgan fingerprint density at radius 1 is 1.33 bits per heavy atom. The molecule has 0 spiro atoms. The zero-order chi connectivity index (χ0) is 15.7. The van der Waals surface area contributed by atoms with E-state index in [0.717, 1.165) is 5.56 Å². The summed E-state index contributed by atoms with van der Waals surface area (Å²) in [5, 5.41) is 0.408. The number of benzene rings is 1. The quantitative estimate of drug-likeness (QED) is 0.657. The summed E-state index contributed by atoms with van der Waals surface area (Å²) >= 11 is 6.04. The van der Waals surface area contributed by atoms with Crippen LogP contribution in [-0.2, 0) is 20.8 Å². The van der Waals surface area contributed by atoms with Gasteiger partial charge in [0.1, 0.15) is 5.82 Å². The van der Waals surface area contributed by atoms with Crippen molar-refractivity contribution in [1.29, 1.82) is 0 Å². The number of hydrogen-bond acceptors (Lipinski definition) is 4. The minimum Gasteiger partial charge on any atom is -0.469 e. The maximum absolute atomic E-state index is 13.0. The van der Waals surface area contributed by atoms with Gasteiger partial charge in [0.2, 0.25) is 0 Å². The molecule has 0 amide bonds. The Morgan fingerprint density at radius 3 is 2.71 bits per heavy atom. The lowest BCUT2D eigenvalue weighted by molar-refractivity contribution is -0.140. The Hall–Kier alpha value is -1.17. The molecule has 0 saturated carbocycles. The monoisotopic (exact) mass is 317 g/mol. The van der Waals surface area contributed by atoms with Crippen LogP contribution >= 0.6 is 11.6 Å². The fourth-order valence-corrected chi connectivity index (χ4v) is 2.16. The number of carbonyl (C=O) groups excluding carboxylic acids is 1. The van der Waals surface area contributed by atoms with Gasteiger partial charge in [-0.1, -0.05) is 17.7 Å². The molecule has 0 aliphatic carbocycles. The van der Waals surface area contributed by atoms with Crippen molar-refractivity contribution in [1.82, 2.24) is 4.90 Å². The molecule has 0 saturated heterocycles. The molecule has 0 heterocycles. The molecule has 4 nitrogen and oxygen atoms in total. The van der Waals surface area contributed by atoms with Gasteiger partial charge >= 0.3 is 5.97 Å². The number of rotatable bonds is 9. The van der Waals surface area contributed by atoms with E-state index in [4.69, 9.17) is 16.3 Å². The maximum Gasteiger partial charge on any atom is 0.305 e. The molecule has 118 valence electrons. The molecule has 1 rings (SSSR count). The molecule has 0 N–H and O–H groups in total. The first-order chi connectivity index (χ1) is 10.1. The molecule has 0 bridgehead atoms. The molecule has 0 fully saturated rings. The average molecular weight is 318 g/mol. The van der Waals surface area contributed by atoms with Crippen LogP contribution in [0.25, 0.3) is 0 Å². The first-order valence-electron chi connectivity index (χ1n) is 6.79. The van der Waals surface area contributed by atoms with Crippen molar-refractivity contribution in [2.45, 2.75) is 19.4 Å². The Bertz CT molecular complexity index is 457. The summed E-state index contributed by atoms with van der Waals surface area (Å²) in [5.74, 6) is -0.570. The summed E-state index contributed by atoms with van der Waals surface area (Å²) in [6.07, 6.45) is 1.06. The SMILES string of the molecule is COCCN(CCCC(=O)OC)Cc1ccc(F)cc1Cl. The number of carbonyl (C=O) groups is 1. The van der Waals surface area contributed by atoms with E-state index < -0.39 is 0 Å². The fraction of sp³-hybridized carbons (Fsp3) is 0.533. The maximum atomic E-state index is 13.0. The molecule has 0 aliphatic rings. The van der Waals surface area contributed by atoms with Crippen molar-refractivity contribution < 1.29 is 18.7 Å². The second-order valence-electron chi connectivity index (χ2n) is 4.68. The minimum absolute atomic E-state index is 0.221. The van der Waals surface area contributed by atoms with Crippen LogP contribution in [-0.4, -0.2) is 44.8 Å². The zero-order valence-electron chi connectivity index (χ0n) is 12.4. The number of nitrogens with zero attached hydrogens (tertiary/aromatic N) is 1. The van der Waals surface area contributed by atoms with Crippen molar-refractivity contribution in [2.24, 2.45) is 0 Å². The predicted molar refractivity (Wildman–Crippen MR) is 79.8 cm³/mol. The smallest absolute Gasteiger partial charge is 0.305 e. The number of ether oxygens (including phenoxy) is 2. The van der Waals surface area contributed by atoms with E-state index in [1.165, 1.54) is 19.2 Å². The van der Waals surface area contributed by atoms with Gasteiger partial charge in [0.25, 0.3) is 0 Å². The Balaban J connectivity index is 2.57. The second-order valence-corrected chi connectivity index (χ2v) is 5.09. The highest BCUT2D eigenvalue weighted by atomic mass is 35.5. The van der Waals surface area contributed by atoms with E-state index in [2.05, 4.69) is 9.64 Å². The molecule has 0 radical (unpaired) electrons. The van der Waals surface area contributed by atoms with Crippen LogP contribution < -0.4 is 0 Å². The lowest BCUT2D eigenvalue weighted by atomic mass is 10.2. The van der Waals surface area contributed by atoms with Crippen molar-refractivity contribution in [2.75, 3.05) is 33.9 Å². The highest BCUT2D eigenvalue weighted by Crippen LogP contribution is 2.19. The third kappa shape index (κ3) is 6.89. The summed E-state index contributed by atoms with van der Waals surface area (Å²) in [6.45, 7) is 2.60.